The lowest BCUT2D eigenvalue weighted by Gasteiger charge is -2.24. The van der Waals surface area contributed by atoms with Crippen molar-refractivity contribution >= 4 is 5.69 Å². The van der Waals surface area contributed by atoms with Crippen molar-refractivity contribution in [1.82, 2.24) is 5.32 Å². The topological polar surface area (TPSA) is 35.5 Å². The SMILES string of the molecule is Oc1cccc(Cc2ccc3c(c2)N2CCNCCC2C3)c1. The van der Waals surface area contributed by atoms with E-state index in [-0.39, 0.29) is 0 Å². The van der Waals surface area contributed by atoms with Gasteiger partial charge >= 0.3 is 0 Å². The number of benzene rings is 2. The van der Waals surface area contributed by atoms with Crippen LogP contribution < -0.4 is 10.2 Å². The lowest BCUT2D eigenvalue weighted by molar-refractivity contribution is 0.474. The highest BCUT2D eigenvalue weighted by Gasteiger charge is 2.29. The summed E-state index contributed by atoms with van der Waals surface area (Å²) in [7, 11) is 0. The van der Waals surface area contributed by atoms with E-state index in [1.54, 1.807) is 6.07 Å². The molecular formula is C19H22N2O. The Hall–Kier alpha value is -2.00. The predicted molar refractivity (Wildman–Crippen MR) is 89.7 cm³/mol. The average Bonchev–Trinajstić information content (AvgIpc) is 2.69. The van der Waals surface area contributed by atoms with Crippen LogP contribution in [0.15, 0.2) is 42.5 Å². The van der Waals surface area contributed by atoms with Gasteiger partial charge in [-0.25, -0.2) is 0 Å². The van der Waals surface area contributed by atoms with Gasteiger partial charge < -0.3 is 15.3 Å². The van der Waals surface area contributed by atoms with Crippen molar-refractivity contribution in [2.24, 2.45) is 0 Å². The van der Waals surface area contributed by atoms with Gasteiger partial charge in [0, 0.05) is 24.8 Å². The van der Waals surface area contributed by atoms with E-state index in [0.29, 0.717) is 11.8 Å². The normalized spacial score (nSPS) is 20.4. The van der Waals surface area contributed by atoms with Crippen LogP contribution in [0.4, 0.5) is 5.69 Å². The first-order valence-electron chi connectivity index (χ1n) is 8.17. The van der Waals surface area contributed by atoms with Crippen LogP contribution in [0.3, 0.4) is 0 Å². The van der Waals surface area contributed by atoms with Gasteiger partial charge in [0.05, 0.1) is 0 Å². The molecule has 114 valence electrons. The molecule has 0 spiro atoms. The third kappa shape index (κ3) is 2.57. The van der Waals surface area contributed by atoms with Gasteiger partial charge in [0.2, 0.25) is 0 Å². The second kappa shape index (κ2) is 5.65. The van der Waals surface area contributed by atoms with Crippen LogP contribution in [0.5, 0.6) is 5.75 Å². The third-order valence-electron chi connectivity index (χ3n) is 4.86. The van der Waals surface area contributed by atoms with Gasteiger partial charge in [-0.2, -0.15) is 0 Å². The van der Waals surface area contributed by atoms with Crippen molar-refractivity contribution in [3.05, 3.63) is 59.2 Å². The highest BCUT2D eigenvalue weighted by atomic mass is 16.3. The first-order valence-corrected chi connectivity index (χ1v) is 8.17. The minimum atomic E-state index is 0.345. The first kappa shape index (κ1) is 13.6. The molecular weight excluding hydrogens is 272 g/mol. The molecule has 0 aromatic heterocycles. The first-order chi connectivity index (χ1) is 10.8. The molecule has 0 saturated carbocycles. The summed E-state index contributed by atoms with van der Waals surface area (Å²) in [4.78, 5) is 2.58. The zero-order valence-corrected chi connectivity index (χ0v) is 12.8. The molecule has 0 aliphatic carbocycles. The quantitative estimate of drug-likeness (QED) is 0.894. The van der Waals surface area contributed by atoms with Crippen molar-refractivity contribution in [2.75, 3.05) is 24.5 Å². The molecule has 1 unspecified atom stereocenters. The Morgan fingerprint density at radius 3 is 2.91 bits per heavy atom. The Kier molecular flexibility index (Phi) is 3.51. The maximum absolute atomic E-state index is 9.62. The van der Waals surface area contributed by atoms with Gasteiger partial charge in [-0.1, -0.05) is 24.3 Å². The number of hydrogen-bond donors (Lipinski definition) is 2. The van der Waals surface area contributed by atoms with Crippen LogP contribution in [0.2, 0.25) is 0 Å². The molecule has 0 bridgehead atoms. The summed E-state index contributed by atoms with van der Waals surface area (Å²) in [6, 6.07) is 15.1. The number of nitrogens with one attached hydrogen (secondary N) is 1. The van der Waals surface area contributed by atoms with Crippen molar-refractivity contribution < 1.29 is 5.11 Å². The maximum atomic E-state index is 9.62. The summed E-state index contributed by atoms with van der Waals surface area (Å²) in [5.41, 5.74) is 5.40. The van der Waals surface area contributed by atoms with Gasteiger partial charge in [-0.15, -0.1) is 0 Å². The van der Waals surface area contributed by atoms with Gasteiger partial charge in [0.25, 0.3) is 0 Å². The summed E-state index contributed by atoms with van der Waals surface area (Å²) < 4.78 is 0. The zero-order valence-electron chi connectivity index (χ0n) is 12.8. The van der Waals surface area contributed by atoms with Crippen LogP contribution in [0.25, 0.3) is 0 Å². The largest absolute Gasteiger partial charge is 0.508 e. The molecule has 2 aliphatic rings. The van der Waals surface area contributed by atoms with Crippen LogP contribution >= 0.6 is 0 Å². The molecule has 0 radical (unpaired) electrons. The van der Waals surface area contributed by atoms with Crippen molar-refractivity contribution in [3.63, 3.8) is 0 Å². The highest BCUT2D eigenvalue weighted by Crippen LogP contribution is 2.35. The summed E-state index contributed by atoms with van der Waals surface area (Å²) in [6.45, 7) is 3.31. The fraction of sp³-hybridized carbons (Fsp3) is 0.368. The Bertz CT molecular complexity index is 683. The maximum Gasteiger partial charge on any atom is 0.115 e. The molecule has 1 atom stereocenters. The number of phenols is 1. The Balaban J connectivity index is 1.61. The monoisotopic (exact) mass is 294 g/mol. The number of anilines is 1. The van der Waals surface area contributed by atoms with E-state index in [1.807, 2.05) is 12.1 Å². The summed E-state index contributed by atoms with van der Waals surface area (Å²) >= 11 is 0. The lowest BCUT2D eigenvalue weighted by atomic mass is 10.0. The van der Waals surface area contributed by atoms with Crippen LogP contribution in [0, 0.1) is 0 Å². The van der Waals surface area contributed by atoms with E-state index < -0.39 is 0 Å². The number of rotatable bonds is 2. The van der Waals surface area contributed by atoms with E-state index >= 15 is 0 Å². The standard InChI is InChI=1S/C19H22N2O/c22-18-3-1-2-14(11-18)10-15-4-5-16-13-17-6-7-20-8-9-21(17)19(16)12-15/h1-5,11-12,17,20,22H,6-10,13H2. The minimum absolute atomic E-state index is 0.345. The Labute approximate surface area is 131 Å². The molecule has 2 aromatic rings. The molecule has 3 heteroatoms. The van der Waals surface area contributed by atoms with Gasteiger partial charge in [-0.05, 0) is 60.7 Å². The van der Waals surface area contributed by atoms with Crippen molar-refractivity contribution in [3.8, 4) is 5.75 Å². The van der Waals surface area contributed by atoms with E-state index in [1.165, 1.54) is 29.7 Å². The number of aromatic hydroxyl groups is 1. The van der Waals surface area contributed by atoms with E-state index in [0.717, 1.165) is 31.6 Å². The summed E-state index contributed by atoms with van der Waals surface area (Å²) in [6.07, 6.45) is 3.29. The van der Waals surface area contributed by atoms with Gasteiger partial charge in [0.1, 0.15) is 5.75 Å². The summed E-state index contributed by atoms with van der Waals surface area (Å²) in [5, 5.41) is 13.1. The number of phenolic OH excluding ortho intramolecular Hbond substituents is 1. The lowest BCUT2D eigenvalue weighted by Crippen LogP contribution is -2.32. The molecule has 0 amide bonds. The minimum Gasteiger partial charge on any atom is -0.508 e. The van der Waals surface area contributed by atoms with Crippen LogP contribution in [-0.2, 0) is 12.8 Å². The molecule has 4 rings (SSSR count). The second-order valence-corrected chi connectivity index (χ2v) is 6.40. The van der Waals surface area contributed by atoms with E-state index in [4.69, 9.17) is 0 Å². The zero-order chi connectivity index (χ0) is 14.9. The molecule has 2 aromatic carbocycles. The van der Waals surface area contributed by atoms with Gasteiger partial charge in [-0.3, -0.25) is 0 Å². The fourth-order valence-corrected chi connectivity index (χ4v) is 3.78. The molecule has 2 N–H and O–H groups in total. The van der Waals surface area contributed by atoms with Crippen LogP contribution in [0.1, 0.15) is 23.1 Å². The fourth-order valence-electron chi connectivity index (χ4n) is 3.78. The molecule has 1 saturated heterocycles. The van der Waals surface area contributed by atoms with Gasteiger partial charge in [0.15, 0.2) is 0 Å². The number of hydrogen-bond acceptors (Lipinski definition) is 3. The molecule has 22 heavy (non-hydrogen) atoms. The Morgan fingerprint density at radius 2 is 2.00 bits per heavy atom. The average molecular weight is 294 g/mol. The molecule has 2 aliphatic heterocycles. The molecule has 2 heterocycles. The predicted octanol–water partition coefficient (Wildman–Crippen LogP) is 2.71. The van der Waals surface area contributed by atoms with E-state index in [9.17, 15) is 5.11 Å². The second-order valence-electron chi connectivity index (χ2n) is 6.40. The third-order valence-corrected chi connectivity index (χ3v) is 4.86. The smallest absolute Gasteiger partial charge is 0.115 e. The Morgan fingerprint density at radius 1 is 1.09 bits per heavy atom. The van der Waals surface area contributed by atoms with Crippen molar-refractivity contribution in [1.29, 1.82) is 0 Å². The molecule has 1 fully saturated rings. The molecule has 3 nitrogen and oxygen atoms in total. The van der Waals surface area contributed by atoms with Crippen LogP contribution in [-0.4, -0.2) is 30.8 Å². The highest BCUT2D eigenvalue weighted by molar-refractivity contribution is 5.61. The summed E-state index contributed by atoms with van der Waals surface area (Å²) in [5.74, 6) is 0.345. The number of fused-ring (bicyclic) bond motifs is 3. The number of nitrogens with zero attached hydrogens (tertiary/aromatic N) is 1. The van der Waals surface area contributed by atoms with E-state index in [2.05, 4.69) is 34.5 Å². The van der Waals surface area contributed by atoms with Crippen molar-refractivity contribution in [2.45, 2.75) is 25.3 Å².